The van der Waals surface area contributed by atoms with Gasteiger partial charge in [0.1, 0.15) is 0 Å². The van der Waals surface area contributed by atoms with Gasteiger partial charge in [-0.15, -0.1) is 6.42 Å². The van der Waals surface area contributed by atoms with E-state index in [-0.39, 0.29) is 0 Å². The van der Waals surface area contributed by atoms with Crippen molar-refractivity contribution in [3.63, 3.8) is 0 Å². The van der Waals surface area contributed by atoms with Gasteiger partial charge < -0.3 is 11.1 Å². The average Bonchev–Trinajstić information content (AvgIpc) is 2.54. The highest BCUT2D eigenvalue weighted by atomic mass is 14.9. The summed E-state index contributed by atoms with van der Waals surface area (Å²) in [5, 5.41) is 3.41. The first kappa shape index (κ1) is 19.1. The summed E-state index contributed by atoms with van der Waals surface area (Å²) in [5.74, 6) is 3.53. The quantitative estimate of drug-likeness (QED) is 0.568. The minimum absolute atomic E-state index is 0.777. The van der Waals surface area contributed by atoms with Crippen LogP contribution in [0.2, 0.25) is 0 Å². The van der Waals surface area contributed by atoms with E-state index in [1.165, 1.54) is 18.4 Å². The minimum Gasteiger partial charge on any atom is -0.402 e. The number of hydrogen-bond donors (Lipinski definition) is 2. The molecule has 0 radical (unpaired) electrons. The molecule has 1 aliphatic heterocycles. The lowest BCUT2D eigenvalue weighted by Crippen LogP contribution is -2.27. The topological polar surface area (TPSA) is 38.0 Å². The number of terminal acetylenes is 1. The van der Waals surface area contributed by atoms with E-state index in [1.54, 1.807) is 6.08 Å². The van der Waals surface area contributed by atoms with Crippen molar-refractivity contribution in [1.29, 1.82) is 0 Å². The van der Waals surface area contributed by atoms with Gasteiger partial charge in [0.15, 0.2) is 0 Å². The molecule has 1 heterocycles. The summed E-state index contributed by atoms with van der Waals surface area (Å²) in [6.07, 6.45) is 17.3. The number of hydrogen-bond acceptors (Lipinski definition) is 2. The molecule has 3 N–H and O–H groups in total. The number of rotatable bonds is 6. The Morgan fingerprint density at radius 3 is 2.43 bits per heavy atom. The van der Waals surface area contributed by atoms with Crippen molar-refractivity contribution in [3.05, 3.63) is 58.9 Å². The summed E-state index contributed by atoms with van der Waals surface area (Å²) in [6, 6.07) is 0. The minimum atomic E-state index is 0.777. The molecule has 1 aliphatic rings. The Morgan fingerprint density at radius 1 is 1.26 bits per heavy atom. The number of nitrogens with two attached hydrogens (primary N) is 1. The SMILES string of the molecule is C#CC(=C\C(C)=C(/C)N)/C(C=C)=C/C=C(\C)CC1CCNCC1. The molecule has 0 unspecified atom stereocenters. The second kappa shape index (κ2) is 9.92. The van der Waals surface area contributed by atoms with Gasteiger partial charge >= 0.3 is 0 Å². The smallest absolute Gasteiger partial charge is 0.0318 e. The lowest BCUT2D eigenvalue weighted by atomic mass is 9.91. The van der Waals surface area contributed by atoms with Gasteiger partial charge in [-0.3, -0.25) is 0 Å². The average molecular weight is 310 g/mol. The molecule has 2 nitrogen and oxygen atoms in total. The Kier molecular flexibility index (Phi) is 8.22. The maximum atomic E-state index is 5.81. The van der Waals surface area contributed by atoms with Crippen LogP contribution < -0.4 is 11.1 Å². The van der Waals surface area contributed by atoms with Crippen LogP contribution in [0.4, 0.5) is 0 Å². The van der Waals surface area contributed by atoms with E-state index in [1.807, 2.05) is 19.9 Å². The van der Waals surface area contributed by atoms with Crippen LogP contribution in [0, 0.1) is 18.3 Å². The molecule has 0 aliphatic carbocycles. The van der Waals surface area contributed by atoms with Gasteiger partial charge in [0.05, 0.1) is 0 Å². The Bertz CT molecular complexity index is 569. The van der Waals surface area contributed by atoms with Crippen LogP contribution in [-0.4, -0.2) is 13.1 Å². The first-order valence-electron chi connectivity index (χ1n) is 8.30. The highest BCUT2D eigenvalue weighted by Gasteiger charge is 2.12. The third kappa shape index (κ3) is 6.76. The molecular formula is C21H30N2. The zero-order chi connectivity index (χ0) is 17.2. The van der Waals surface area contributed by atoms with Crippen LogP contribution in [0.15, 0.2) is 58.9 Å². The van der Waals surface area contributed by atoms with Crippen molar-refractivity contribution >= 4 is 0 Å². The highest BCUT2D eigenvalue weighted by Crippen LogP contribution is 2.21. The second-order valence-corrected chi connectivity index (χ2v) is 6.31. The van der Waals surface area contributed by atoms with Gasteiger partial charge in [-0.1, -0.05) is 36.3 Å². The van der Waals surface area contributed by atoms with E-state index < -0.39 is 0 Å². The molecule has 23 heavy (non-hydrogen) atoms. The van der Waals surface area contributed by atoms with Crippen molar-refractivity contribution in [3.8, 4) is 12.3 Å². The van der Waals surface area contributed by atoms with E-state index in [4.69, 9.17) is 12.2 Å². The summed E-state index contributed by atoms with van der Waals surface area (Å²) < 4.78 is 0. The van der Waals surface area contributed by atoms with Crippen LogP contribution in [0.1, 0.15) is 40.0 Å². The van der Waals surface area contributed by atoms with Crippen molar-refractivity contribution < 1.29 is 0 Å². The fourth-order valence-corrected chi connectivity index (χ4v) is 2.65. The van der Waals surface area contributed by atoms with Gasteiger partial charge in [0.2, 0.25) is 0 Å². The predicted molar refractivity (Wildman–Crippen MR) is 102 cm³/mol. The Morgan fingerprint density at radius 2 is 1.91 bits per heavy atom. The molecule has 1 saturated heterocycles. The number of allylic oxidation sites excluding steroid dienone is 9. The predicted octanol–water partition coefficient (Wildman–Crippen LogP) is 4.25. The van der Waals surface area contributed by atoms with Crippen LogP contribution in [0.5, 0.6) is 0 Å². The third-order valence-corrected chi connectivity index (χ3v) is 4.29. The molecule has 1 fully saturated rings. The molecular weight excluding hydrogens is 280 g/mol. The van der Waals surface area contributed by atoms with Gasteiger partial charge in [0.25, 0.3) is 0 Å². The molecule has 0 aromatic carbocycles. The van der Waals surface area contributed by atoms with E-state index in [2.05, 4.69) is 36.9 Å². The van der Waals surface area contributed by atoms with Crippen molar-refractivity contribution in [2.24, 2.45) is 11.7 Å². The zero-order valence-electron chi connectivity index (χ0n) is 14.8. The van der Waals surface area contributed by atoms with Crippen LogP contribution in [-0.2, 0) is 0 Å². The molecule has 124 valence electrons. The second-order valence-electron chi connectivity index (χ2n) is 6.31. The summed E-state index contributed by atoms with van der Waals surface area (Å²) in [6.45, 7) is 12.2. The first-order chi connectivity index (χ1) is 11.0. The lowest BCUT2D eigenvalue weighted by molar-refractivity contribution is 0.372. The zero-order valence-corrected chi connectivity index (χ0v) is 14.8. The van der Waals surface area contributed by atoms with Gasteiger partial charge in [0, 0.05) is 11.3 Å². The number of piperidine rings is 1. The fraction of sp³-hybridized carbons (Fsp3) is 0.429. The van der Waals surface area contributed by atoms with Crippen molar-refractivity contribution in [1.82, 2.24) is 5.32 Å². The first-order valence-corrected chi connectivity index (χ1v) is 8.30. The van der Waals surface area contributed by atoms with Crippen LogP contribution in [0.3, 0.4) is 0 Å². The summed E-state index contributed by atoms with van der Waals surface area (Å²) in [4.78, 5) is 0. The van der Waals surface area contributed by atoms with E-state index >= 15 is 0 Å². The standard InChI is InChI=1S/C21H30N2/c1-6-20(21(7-2)15-17(4)18(5)22)9-8-16(3)14-19-10-12-23-13-11-19/h2,6,8-9,15,19,23H,1,10-14,22H2,3-5H3/b16-8+,18-17+,20-9+,21-15+. The molecule has 0 bridgehead atoms. The molecule has 0 amide bonds. The van der Waals surface area contributed by atoms with Crippen LogP contribution in [0.25, 0.3) is 0 Å². The Labute approximate surface area is 141 Å². The monoisotopic (exact) mass is 310 g/mol. The van der Waals surface area contributed by atoms with Crippen molar-refractivity contribution in [2.75, 3.05) is 13.1 Å². The van der Waals surface area contributed by atoms with E-state index in [9.17, 15) is 0 Å². The normalized spacial score (nSPS) is 19.1. The van der Waals surface area contributed by atoms with E-state index in [0.717, 1.165) is 47.8 Å². The van der Waals surface area contributed by atoms with Crippen LogP contribution >= 0.6 is 0 Å². The fourth-order valence-electron chi connectivity index (χ4n) is 2.65. The summed E-state index contributed by atoms with van der Waals surface area (Å²) in [5.41, 5.74) is 10.7. The molecule has 0 spiro atoms. The molecule has 0 atom stereocenters. The van der Waals surface area contributed by atoms with Gasteiger partial charge in [-0.2, -0.15) is 0 Å². The molecule has 0 aromatic rings. The maximum absolute atomic E-state index is 5.81. The highest BCUT2D eigenvalue weighted by molar-refractivity contribution is 5.53. The number of nitrogens with one attached hydrogen (secondary N) is 1. The Balaban J connectivity index is 2.88. The van der Waals surface area contributed by atoms with Gasteiger partial charge in [-0.25, -0.2) is 0 Å². The molecule has 1 rings (SSSR count). The van der Waals surface area contributed by atoms with E-state index in [0.29, 0.717) is 0 Å². The lowest BCUT2D eigenvalue weighted by Gasteiger charge is -2.22. The largest absolute Gasteiger partial charge is 0.402 e. The van der Waals surface area contributed by atoms with Crippen molar-refractivity contribution in [2.45, 2.75) is 40.0 Å². The molecule has 0 saturated carbocycles. The Hall–Kier alpha value is -1.98. The summed E-state index contributed by atoms with van der Waals surface area (Å²) in [7, 11) is 0. The molecule has 2 heteroatoms. The molecule has 0 aromatic heterocycles. The summed E-state index contributed by atoms with van der Waals surface area (Å²) >= 11 is 0. The third-order valence-electron chi connectivity index (χ3n) is 4.29. The van der Waals surface area contributed by atoms with Gasteiger partial charge in [-0.05, 0) is 76.3 Å². The maximum Gasteiger partial charge on any atom is 0.0318 e.